The summed E-state index contributed by atoms with van der Waals surface area (Å²) >= 11 is 0. The van der Waals surface area contributed by atoms with Crippen LogP contribution in [-0.4, -0.2) is 31.3 Å². The molecule has 0 unspecified atom stereocenters. The molecule has 0 rings (SSSR count). The Bertz CT molecular complexity index is 384. The summed E-state index contributed by atoms with van der Waals surface area (Å²) in [5, 5.41) is 0. The maximum atomic E-state index is 11.9. The van der Waals surface area contributed by atoms with E-state index < -0.39 is 31.1 Å². The number of carbonyl (C=O) groups is 2. The molecule has 160 valence electrons. The highest BCUT2D eigenvalue weighted by molar-refractivity contribution is 5.77. The number of esters is 2. The second-order valence-corrected chi connectivity index (χ2v) is 6.89. The lowest BCUT2D eigenvalue weighted by molar-refractivity contribution is -0.186. The van der Waals surface area contributed by atoms with Crippen molar-refractivity contribution >= 4 is 11.9 Å². The minimum Gasteiger partial charge on any atom is -0.466 e. The first-order valence-corrected chi connectivity index (χ1v) is 10.2. The maximum absolute atomic E-state index is 11.9. The Labute approximate surface area is 161 Å². The molecule has 7 heteroatoms. The van der Waals surface area contributed by atoms with E-state index in [4.69, 9.17) is 4.74 Å². The molecule has 0 bridgehead atoms. The monoisotopic (exact) mass is 396 g/mol. The van der Waals surface area contributed by atoms with Crippen molar-refractivity contribution in [3.63, 3.8) is 0 Å². The third-order valence-corrected chi connectivity index (χ3v) is 4.19. The number of carbonyl (C=O) groups excluding carboxylic acids is 2. The summed E-state index contributed by atoms with van der Waals surface area (Å²) in [5.41, 5.74) is 0. The van der Waals surface area contributed by atoms with Crippen LogP contribution in [0.3, 0.4) is 0 Å². The van der Waals surface area contributed by atoms with E-state index in [2.05, 4.69) is 11.7 Å². The van der Waals surface area contributed by atoms with Crippen LogP contribution in [-0.2, 0) is 19.1 Å². The third kappa shape index (κ3) is 20.9. The summed E-state index contributed by atoms with van der Waals surface area (Å²) in [6, 6.07) is 0. The number of halogens is 3. The summed E-state index contributed by atoms with van der Waals surface area (Å²) in [4.78, 5) is 22.5. The van der Waals surface area contributed by atoms with E-state index in [0.29, 0.717) is 0 Å². The molecule has 0 heterocycles. The first-order chi connectivity index (χ1) is 12.8. The van der Waals surface area contributed by atoms with E-state index >= 15 is 0 Å². The number of unbranched alkanes of at least 4 members (excludes halogenated alkanes) is 11. The molecule has 27 heavy (non-hydrogen) atoms. The molecule has 0 aromatic carbocycles. The Kier molecular flexibility index (Phi) is 16.1. The number of rotatable bonds is 17. The van der Waals surface area contributed by atoms with E-state index in [1.54, 1.807) is 0 Å². The second kappa shape index (κ2) is 16.9. The van der Waals surface area contributed by atoms with Crippen molar-refractivity contribution in [2.24, 2.45) is 0 Å². The van der Waals surface area contributed by atoms with Crippen molar-refractivity contribution in [2.75, 3.05) is 13.2 Å². The van der Waals surface area contributed by atoms with Gasteiger partial charge in [-0.15, -0.1) is 0 Å². The molecule has 0 spiro atoms. The second-order valence-electron chi connectivity index (χ2n) is 6.89. The molecule has 4 nitrogen and oxygen atoms in total. The molecule has 0 radical (unpaired) electrons. The fourth-order valence-electron chi connectivity index (χ4n) is 2.64. The van der Waals surface area contributed by atoms with Gasteiger partial charge in [-0.05, 0) is 6.42 Å². The number of hydrogen-bond acceptors (Lipinski definition) is 4. The van der Waals surface area contributed by atoms with Crippen LogP contribution in [0.15, 0.2) is 0 Å². The van der Waals surface area contributed by atoms with E-state index in [1.807, 2.05) is 0 Å². The molecule has 0 N–H and O–H groups in total. The topological polar surface area (TPSA) is 52.6 Å². The predicted octanol–water partition coefficient (Wildman–Crippen LogP) is 6.12. The van der Waals surface area contributed by atoms with Gasteiger partial charge in [0.05, 0.1) is 19.4 Å². The molecule has 0 saturated heterocycles. The zero-order valence-electron chi connectivity index (χ0n) is 16.6. The lowest BCUT2D eigenvalue weighted by Gasteiger charge is -2.08. The summed E-state index contributed by atoms with van der Waals surface area (Å²) in [6.45, 7) is 0.882. The van der Waals surface area contributed by atoms with Crippen molar-refractivity contribution in [2.45, 2.75) is 103 Å². The fourth-order valence-corrected chi connectivity index (χ4v) is 2.64. The quantitative estimate of drug-likeness (QED) is 0.220. The van der Waals surface area contributed by atoms with Gasteiger partial charge in [-0.2, -0.15) is 13.2 Å². The lowest BCUT2D eigenvalue weighted by Crippen LogP contribution is -2.20. The average Bonchev–Trinajstić information content (AvgIpc) is 2.61. The zero-order valence-corrected chi connectivity index (χ0v) is 16.6. The predicted molar refractivity (Wildman–Crippen MR) is 98.3 cm³/mol. The van der Waals surface area contributed by atoms with Gasteiger partial charge in [0.1, 0.15) is 0 Å². The van der Waals surface area contributed by atoms with Gasteiger partial charge in [0.2, 0.25) is 0 Å². The Morgan fingerprint density at radius 3 is 1.52 bits per heavy atom. The number of ether oxygens (including phenoxy) is 2. The van der Waals surface area contributed by atoms with Gasteiger partial charge in [0.15, 0.2) is 6.61 Å². The van der Waals surface area contributed by atoms with Crippen molar-refractivity contribution in [1.29, 1.82) is 0 Å². The molecule has 0 amide bonds. The summed E-state index contributed by atoms with van der Waals surface area (Å²) < 4.78 is 44.5. The molecule has 0 atom stereocenters. The molecule has 0 aromatic heterocycles. The van der Waals surface area contributed by atoms with Gasteiger partial charge in [-0.25, -0.2) is 0 Å². The van der Waals surface area contributed by atoms with Crippen LogP contribution in [0.1, 0.15) is 96.8 Å². The van der Waals surface area contributed by atoms with E-state index in [0.717, 1.165) is 19.3 Å². The Morgan fingerprint density at radius 1 is 0.667 bits per heavy atom. The van der Waals surface area contributed by atoms with Crippen LogP contribution >= 0.6 is 0 Å². The molecule has 0 aliphatic rings. The fraction of sp³-hybridized carbons (Fsp3) is 0.900. The Balaban J connectivity index is 3.33. The Morgan fingerprint density at radius 2 is 1.07 bits per heavy atom. The molecular weight excluding hydrogens is 361 g/mol. The average molecular weight is 396 g/mol. The lowest BCUT2D eigenvalue weighted by atomic mass is 10.1. The zero-order chi connectivity index (χ0) is 20.4. The van der Waals surface area contributed by atoms with Gasteiger partial charge in [-0.1, -0.05) is 77.6 Å². The van der Waals surface area contributed by atoms with Crippen molar-refractivity contribution in [3.8, 4) is 0 Å². The summed E-state index contributed by atoms with van der Waals surface area (Å²) in [6.07, 6.45) is 9.34. The van der Waals surface area contributed by atoms with Crippen LogP contribution in [0.25, 0.3) is 0 Å². The molecular formula is C20H35F3O4. The number of alkyl halides is 3. The largest absolute Gasteiger partial charge is 0.466 e. The SMILES string of the molecule is CCCCCCCCCCCCCCOC(=O)CCC(=O)OCC(F)(F)F. The first kappa shape index (κ1) is 25.7. The van der Waals surface area contributed by atoms with Gasteiger partial charge in [0, 0.05) is 0 Å². The first-order valence-electron chi connectivity index (χ1n) is 10.2. The van der Waals surface area contributed by atoms with Crippen molar-refractivity contribution < 1.29 is 32.2 Å². The van der Waals surface area contributed by atoms with Gasteiger partial charge in [-0.3, -0.25) is 9.59 Å². The standard InChI is InChI=1S/C20H35F3O4/c1-2-3-4-5-6-7-8-9-10-11-12-13-16-26-18(24)14-15-19(25)27-17-20(21,22)23/h2-17H2,1H3. The highest BCUT2D eigenvalue weighted by Crippen LogP contribution is 2.15. The molecule has 0 aromatic rings. The van der Waals surface area contributed by atoms with Gasteiger partial charge >= 0.3 is 18.1 Å². The molecule has 0 aliphatic carbocycles. The van der Waals surface area contributed by atoms with Crippen LogP contribution in [0, 0.1) is 0 Å². The van der Waals surface area contributed by atoms with Gasteiger partial charge < -0.3 is 9.47 Å². The molecule has 0 fully saturated rings. The van der Waals surface area contributed by atoms with E-state index in [1.165, 1.54) is 57.8 Å². The minimum absolute atomic E-state index is 0.255. The highest BCUT2D eigenvalue weighted by atomic mass is 19.4. The number of hydrogen-bond donors (Lipinski definition) is 0. The smallest absolute Gasteiger partial charge is 0.422 e. The summed E-state index contributed by atoms with van der Waals surface area (Å²) in [5.74, 6) is -1.63. The maximum Gasteiger partial charge on any atom is 0.422 e. The normalized spacial score (nSPS) is 11.4. The van der Waals surface area contributed by atoms with Crippen LogP contribution in [0.2, 0.25) is 0 Å². The van der Waals surface area contributed by atoms with E-state index in [9.17, 15) is 22.8 Å². The Hall–Kier alpha value is -1.27. The molecule has 0 saturated carbocycles. The van der Waals surface area contributed by atoms with Crippen LogP contribution in [0.5, 0.6) is 0 Å². The third-order valence-electron chi connectivity index (χ3n) is 4.19. The van der Waals surface area contributed by atoms with Crippen LogP contribution in [0.4, 0.5) is 13.2 Å². The van der Waals surface area contributed by atoms with Crippen molar-refractivity contribution in [3.05, 3.63) is 0 Å². The summed E-state index contributed by atoms with van der Waals surface area (Å²) in [7, 11) is 0. The van der Waals surface area contributed by atoms with Crippen molar-refractivity contribution in [1.82, 2.24) is 0 Å². The highest BCUT2D eigenvalue weighted by Gasteiger charge is 2.29. The van der Waals surface area contributed by atoms with Crippen LogP contribution < -0.4 is 0 Å². The van der Waals surface area contributed by atoms with E-state index in [-0.39, 0.29) is 13.0 Å². The molecule has 0 aliphatic heterocycles. The van der Waals surface area contributed by atoms with Gasteiger partial charge in [0.25, 0.3) is 0 Å². The minimum atomic E-state index is -4.55.